The molecule has 0 aliphatic heterocycles. The van der Waals surface area contributed by atoms with E-state index in [2.05, 4.69) is 15.7 Å². The fraction of sp³-hybridized carbons (Fsp3) is 0.158. The summed E-state index contributed by atoms with van der Waals surface area (Å²) in [7, 11) is 3.12. The van der Waals surface area contributed by atoms with Crippen LogP contribution < -0.4 is 20.1 Å². The van der Waals surface area contributed by atoms with Crippen molar-refractivity contribution in [2.45, 2.75) is 0 Å². The number of rotatable bonds is 7. The molecule has 2 aromatic carbocycles. The second kappa shape index (κ2) is 8.06. The van der Waals surface area contributed by atoms with E-state index in [1.165, 1.54) is 0 Å². The number of methoxy groups -OCH3 is 2. The monoisotopic (exact) mass is 352 g/mol. The van der Waals surface area contributed by atoms with Crippen molar-refractivity contribution in [3.05, 3.63) is 60.9 Å². The zero-order chi connectivity index (χ0) is 18.4. The molecule has 0 atom stereocenters. The fourth-order valence-electron chi connectivity index (χ4n) is 2.44. The summed E-state index contributed by atoms with van der Waals surface area (Å²) in [6.45, 7) is 0.126. The Bertz CT molecular complexity index is 861. The Labute approximate surface area is 151 Å². The summed E-state index contributed by atoms with van der Waals surface area (Å²) in [5.41, 5.74) is 2.35. The summed E-state index contributed by atoms with van der Waals surface area (Å²) in [5, 5.41) is 10.1. The maximum atomic E-state index is 12.2. The smallest absolute Gasteiger partial charge is 0.243 e. The first-order chi connectivity index (χ1) is 12.7. The van der Waals surface area contributed by atoms with E-state index in [1.54, 1.807) is 43.3 Å². The maximum Gasteiger partial charge on any atom is 0.243 e. The van der Waals surface area contributed by atoms with Gasteiger partial charge in [-0.05, 0) is 42.5 Å². The molecule has 0 fully saturated rings. The first-order valence-electron chi connectivity index (χ1n) is 8.05. The van der Waals surface area contributed by atoms with Crippen LogP contribution in [0, 0.1) is 0 Å². The van der Waals surface area contributed by atoms with E-state index in [4.69, 9.17) is 9.47 Å². The number of anilines is 2. The quantitative estimate of drug-likeness (QED) is 0.684. The first kappa shape index (κ1) is 17.3. The van der Waals surface area contributed by atoms with Gasteiger partial charge in [0.25, 0.3) is 0 Å². The number of aromatic nitrogens is 2. The molecule has 0 aliphatic rings. The number of carbonyl (C=O) groups is 1. The van der Waals surface area contributed by atoms with Gasteiger partial charge in [-0.3, -0.25) is 4.79 Å². The van der Waals surface area contributed by atoms with E-state index < -0.39 is 0 Å². The van der Waals surface area contributed by atoms with Gasteiger partial charge in [0.05, 0.1) is 32.1 Å². The largest absolute Gasteiger partial charge is 0.497 e. The molecule has 2 N–H and O–H groups in total. The summed E-state index contributed by atoms with van der Waals surface area (Å²) in [6, 6.07) is 14.8. The molecule has 3 rings (SSSR count). The van der Waals surface area contributed by atoms with E-state index in [0.29, 0.717) is 17.2 Å². The van der Waals surface area contributed by atoms with Gasteiger partial charge < -0.3 is 20.1 Å². The average molecular weight is 352 g/mol. The minimum absolute atomic E-state index is 0.126. The van der Waals surface area contributed by atoms with Crippen molar-refractivity contribution in [3.8, 4) is 17.2 Å². The Morgan fingerprint density at radius 1 is 1.12 bits per heavy atom. The molecule has 0 saturated carbocycles. The standard InChI is InChI=1S/C19H20N4O3/c1-25-16-8-9-18(26-2)17(12-16)22-19(24)13-20-14-4-6-15(7-5-14)23-11-3-10-21-23/h3-12,20H,13H2,1-2H3,(H,22,24). The number of benzene rings is 2. The number of ether oxygens (including phenoxy) is 2. The van der Waals surface area contributed by atoms with E-state index in [1.807, 2.05) is 36.5 Å². The third-order valence-electron chi connectivity index (χ3n) is 3.77. The van der Waals surface area contributed by atoms with Crippen LogP contribution >= 0.6 is 0 Å². The van der Waals surface area contributed by atoms with Gasteiger partial charge in [0.1, 0.15) is 11.5 Å². The van der Waals surface area contributed by atoms with Gasteiger partial charge in [0.2, 0.25) is 5.91 Å². The molecular weight excluding hydrogens is 332 g/mol. The number of amides is 1. The van der Waals surface area contributed by atoms with Crippen LogP contribution in [0.3, 0.4) is 0 Å². The van der Waals surface area contributed by atoms with Crippen molar-refractivity contribution >= 4 is 17.3 Å². The summed E-state index contributed by atoms with van der Waals surface area (Å²) in [6.07, 6.45) is 3.60. The molecule has 1 aromatic heterocycles. The van der Waals surface area contributed by atoms with Crippen LogP contribution in [0.1, 0.15) is 0 Å². The van der Waals surface area contributed by atoms with Crippen molar-refractivity contribution in [2.24, 2.45) is 0 Å². The van der Waals surface area contributed by atoms with Crippen LogP contribution in [0.25, 0.3) is 5.69 Å². The summed E-state index contributed by atoms with van der Waals surface area (Å²) in [5.74, 6) is 1.03. The SMILES string of the molecule is COc1ccc(OC)c(NC(=O)CNc2ccc(-n3cccn3)cc2)c1. The highest BCUT2D eigenvalue weighted by Crippen LogP contribution is 2.28. The van der Waals surface area contributed by atoms with Gasteiger partial charge >= 0.3 is 0 Å². The molecule has 7 heteroatoms. The highest BCUT2D eigenvalue weighted by Gasteiger charge is 2.09. The van der Waals surface area contributed by atoms with Crippen LogP contribution in [0.4, 0.5) is 11.4 Å². The van der Waals surface area contributed by atoms with Gasteiger partial charge in [0, 0.05) is 24.1 Å². The summed E-state index contributed by atoms with van der Waals surface area (Å²) >= 11 is 0. The van der Waals surface area contributed by atoms with Gasteiger partial charge in [0.15, 0.2) is 0 Å². The normalized spacial score (nSPS) is 10.2. The van der Waals surface area contributed by atoms with Crippen LogP contribution in [0.15, 0.2) is 60.9 Å². The van der Waals surface area contributed by atoms with Gasteiger partial charge in [-0.2, -0.15) is 5.10 Å². The van der Waals surface area contributed by atoms with Crippen LogP contribution in [0.5, 0.6) is 11.5 Å². The average Bonchev–Trinajstić information content (AvgIpc) is 3.21. The number of carbonyl (C=O) groups excluding carboxylic acids is 1. The van der Waals surface area contributed by atoms with Gasteiger partial charge in [-0.1, -0.05) is 0 Å². The van der Waals surface area contributed by atoms with Crippen LogP contribution in [-0.4, -0.2) is 36.5 Å². The molecule has 1 heterocycles. The highest BCUT2D eigenvalue weighted by atomic mass is 16.5. The lowest BCUT2D eigenvalue weighted by atomic mass is 10.2. The fourth-order valence-corrected chi connectivity index (χ4v) is 2.44. The van der Waals surface area contributed by atoms with Crippen LogP contribution in [-0.2, 0) is 4.79 Å². The zero-order valence-corrected chi connectivity index (χ0v) is 14.6. The van der Waals surface area contributed by atoms with Crippen molar-refractivity contribution in [2.75, 3.05) is 31.4 Å². The molecule has 1 amide bonds. The van der Waals surface area contributed by atoms with Crippen LogP contribution in [0.2, 0.25) is 0 Å². The number of nitrogens with zero attached hydrogens (tertiary/aromatic N) is 2. The predicted octanol–water partition coefficient (Wildman–Crippen LogP) is 2.94. The second-order valence-corrected chi connectivity index (χ2v) is 5.47. The lowest BCUT2D eigenvalue weighted by Gasteiger charge is -2.12. The van der Waals surface area contributed by atoms with Gasteiger partial charge in [-0.15, -0.1) is 0 Å². The molecule has 0 aliphatic carbocycles. The Morgan fingerprint density at radius 2 is 1.92 bits per heavy atom. The predicted molar refractivity (Wildman–Crippen MR) is 100 cm³/mol. The Balaban J connectivity index is 1.59. The summed E-state index contributed by atoms with van der Waals surface area (Å²) in [4.78, 5) is 12.2. The third kappa shape index (κ3) is 4.13. The minimum atomic E-state index is -0.187. The maximum absolute atomic E-state index is 12.2. The Morgan fingerprint density at radius 3 is 2.58 bits per heavy atom. The second-order valence-electron chi connectivity index (χ2n) is 5.47. The Hall–Kier alpha value is -3.48. The molecule has 0 radical (unpaired) electrons. The Kier molecular flexibility index (Phi) is 5.38. The van der Waals surface area contributed by atoms with E-state index in [0.717, 1.165) is 11.4 Å². The molecule has 26 heavy (non-hydrogen) atoms. The third-order valence-corrected chi connectivity index (χ3v) is 3.77. The van der Waals surface area contributed by atoms with E-state index in [9.17, 15) is 4.79 Å². The highest BCUT2D eigenvalue weighted by molar-refractivity contribution is 5.95. The van der Waals surface area contributed by atoms with Crippen molar-refractivity contribution in [1.29, 1.82) is 0 Å². The molecule has 0 spiro atoms. The summed E-state index contributed by atoms with van der Waals surface area (Å²) < 4.78 is 12.2. The molecular formula is C19H20N4O3. The van der Waals surface area contributed by atoms with Gasteiger partial charge in [-0.25, -0.2) is 4.68 Å². The lowest BCUT2D eigenvalue weighted by Crippen LogP contribution is -2.22. The lowest BCUT2D eigenvalue weighted by molar-refractivity contribution is -0.114. The molecule has 3 aromatic rings. The number of hydrogen-bond acceptors (Lipinski definition) is 5. The number of nitrogens with one attached hydrogen (secondary N) is 2. The van der Waals surface area contributed by atoms with Crippen molar-refractivity contribution in [1.82, 2.24) is 9.78 Å². The minimum Gasteiger partial charge on any atom is -0.497 e. The molecule has 7 nitrogen and oxygen atoms in total. The molecule has 0 saturated heterocycles. The number of hydrogen-bond donors (Lipinski definition) is 2. The first-order valence-corrected chi connectivity index (χ1v) is 8.05. The molecule has 0 unspecified atom stereocenters. The topological polar surface area (TPSA) is 77.4 Å². The van der Waals surface area contributed by atoms with Crippen molar-refractivity contribution < 1.29 is 14.3 Å². The molecule has 134 valence electrons. The van der Waals surface area contributed by atoms with E-state index >= 15 is 0 Å². The zero-order valence-electron chi connectivity index (χ0n) is 14.6. The van der Waals surface area contributed by atoms with E-state index in [-0.39, 0.29) is 12.5 Å². The van der Waals surface area contributed by atoms with Crippen molar-refractivity contribution in [3.63, 3.8) is 0 Å². The molecule has 0 bridgehead atoms.